The van der Waals surface area contributed by atoms with Crippen LogP contribution >= 0.6 is 0 Å². The number of carbonyl (C=O) groups excluding carboxylic acids is 1. The van der Waals surface area contributed by atoms with E-state index >= 15 is 0 Å². The Labute approximate surface area is 92.4 Å². The quantitative estimate of drug-likeness (QED) is 0.606. The van der Waals surface area contributed by atoms with E-state index in [1.54, 1.807) is 31.3 Å². The number of nitrogens with two attached hydrogens (primary N) is 1. The molecule has 1 aromatic carbocycles. The van der Waals surface area contributed by atoms with Gasteiger partial charge < -0.3 is 10.5 Å². The van der Waals surface area contributed by atoms with E-state index in [9.17, 15) is 4.79 Å². The zero-order valence-corrected chi connectivity index (χ0v) is 8.75. The highest BCUT2D eigenvalue weighted by molar-refractivity contribution is 5.89. The van der Waals surface area contributed by atoms with E-state index in [2.05, 4.69) is 5.10 Å². The van der Waals surface area contributed by atoms with Crippen LogP contribution in [-0.4, -0.2) is 15.7 Å². The first-order valence-corrected chi connectivity index (χ1v) is 4.73. The van der Waals surface area contributed by atoms with Crippen molar-refractivity contribution in [1.82, 2.24) is 9.78 Å². The zero-order valence-electron chi connectivity index (χ0n) is 8.75. The van der Waals surface area contributed by atoms with Crippen molar-refractivity contribution < 1.29 is 9.53 Å². The largest absolute Gasteiger partial charge is 0.422 e. The minimum absolute atomic E-state index is 0.198. The molecule has 2 aromatic rings. The Morgan fingerprint density at radius 3 is 2.62 bits per heavy atom. The fraction of sp³-hybridized carbons (Fsp3) is 0.0909. The van der Waals surface area contributed by atoms with Crippen LogP contribution in [0.4, 0.5) is 5.82 Å². The molecule has 82 valence electrons. The second kappa shape index (κ2) is 4.06. The second-order valence-corrected chi connectivity index (χ2v) is 3.28. The van der Waals surface area contributed by atoms with Crippen LogP contribution in [0.3, 0.4) is 0 Å². The molecular weight excluding hydrogens is 206 g/mol. The number of anilines is 1. The molecule has 5 nitrogen and oxygen atoms in total. The number of aryl methyl sites for hydroxylation is 1. The second-order valence-electron chi connectivity index (χ2n) is 3.28. The van der Waals surface area contributed by atoms with Crippen LogP contribution in [-0.2, 0) is 7.05 Å². The molecule has 0 radical (unpaired) electrons. The van der Waals surface area contributed by atoms with Crippen molar-refractivity contribution in [3.05, 3.63) is 42.1 Å². The summed E-state index contributed by atoms with van der Waals surface area (Å²) < 4.78 is 6.52. The standard InChI is InChI=1S/C11H11N3O2/c1-14-10(12)7-9(13-14)11(15)16-8-5-3-2-4-6-8/h2-7H,12H2,1H3. The summed E-state index contributed by atoms with van der Waals surface area (Å²) in [7, 11) is 1.66. The van der Waals surface area contributed by atoms with Crippen molar-refractivity contribution in [2.24, 2.45) is 7.05 Å². The number of aromatic nitrogens is 2. The van der Waals surface area contributed by atoms with E-state index in [-0.39, 0.29) is 5.69 Å². The number of benzene rings is 1. The van der Waals surface area contributed by atoms with Crippen LogP contribution in [0.5, 0.6) is 5.75 Å². The van der Waals surface area contributed by atoms with Gasteiger partial charge in [0.2, 0.25) is 0 Å². The van der Waals surface area contributed by atoms with Crippen LogP contribution in [0, 0.1) is 0 Å². The fourth-order valence-electron chi connectivity index (χ4n) is 1.23. The average molecular weight is 217 g/mol. The summed E-state index contributed by atoms with van der Waals surface area (Å²) in [4.78, 5) is 11.6. The molecular formula is C11H11N3O2. The SMILES string of the molecule is Cn1nc(C(=O)Oc2ccccc2)cc1N. The lowest BCUT2D eigenvalue weighted by molar-refractivity contribution is 0.0728. The lowest BCUT2D eigenvalue weighted by atomic mass is 10.3. The highest BCUT2D eigenvalue weighted by Gasteiger charge is 2.13. The molecule has 0 aliphatic rings. The molecule has 1 heterocycles. The first-order chi connectivity index (χ1) is 7.66. The van der Waals surface area contributed by atoms with Crippen LogP contribution in [0.15, 0.2) is 36.4 Å². The molecule has 0 fully saturated rings. The third kappa shape index (κ3) is 2.03. The Kier molecular flexibility index (Phi) is 2.59. The van der Waals surface area contributed by atoms with Gasteiger partial charge in [-0.15, -0.1) is 0 Å². The summed E-state index contributed by atoms with van der Waals surface area (Å²) in [6, 6.07) is 10.3. The van der Waals surface area contributed by atoms with Gasteiger partial charge >= 0.3 is 5.97 Å². The number of esters is 1. The Bertz CT molecular complexity index is 486. The van der Waals surface area contributed by atoms with E-state index in [0.29, 0.717) is 11.6 Å². The van der Waals surface area contributed by atoms with Gasteiger partial charge in [-0.05, 0) is 12.1 Å². The molecule has 0 spiro atoms. The lowest BCUT2D eigenvalue weighted by Crippen LogP contribution is -2.09. The van der Waals surface area contributed by atoms with Crippen LogP contribution in [0.25, 0.3) is 0 Å². The van der Waals surface area contributed by atoms with Crippen LogP contribution < -0.4 is 10.5 Å². The first kappa shape index (κ1) is 10.2. The van der Waals surface area contributed by atoms with Gasteiger partial charge in [-0.2, -0.15) is 5.10 Å². The Morgan fingerprint density at radius 1 is 1.38 bits per heavy atom. The van der Waals surface area contributed by atoms with Crippen LogP contribution in [0.1, 0.15) is 10.5 Å². The van der Waals surface area contributed by atoms with E-state index in [1.807, 2.05) is 6.07 Å². The van der Waals surface area contributed by atoms with Crippen molar-refractivity contribution in [3.63, 3.8) is 0 Å². The summed E-state index contributed by atoms with van der Waals surface area (Å²) in [5.74, 6) is 0.384. The predicted octanol–water partition coefficient (Wildman–Crippen LogP) is 1.22. The molecule has 0 saturated heterocycles. The summed E-state index contributed by atoms with van der Waals surface area (Å²) in [5, 5.41) is 3.92. The van der Waals surface area contributed by atoms with Gasteiger partial charge in [0.15, 0.2) is 5.69 Å². The number of carbonyl (C=O) groups is 1. The Hall–Kier alpha value is -2.30. The van der Waals surface area contributed by atoms with E-state index in [1.165, 1.54) is 10.7 Å². The number of nitrogens with zero attached hydrogens (tertiary/aromatic N) is 2. The molecule has 2 N–H and O–H groups in total. The minimum atomic E-state index is -0.515. The third-order valence-corrected chi connectivity index (χ3v) is 2.08. The number of hydrogen-bond acceptors (Lipinski definition) is 4. The summed E-state index contributed by atoms with van der Waals surface area (Å²) in [5.41, 5.74) is 5.76. The van der Waals surface area contributed by atoms with E-state index in [4.69, 9.17) is 10.5 Å². The van der Waals surface area contributed by atoms with Gasteiger partial charge in [-0.3, -0.25) is 4.68 Å². The Morgan fingerprint density at radius 2 is 2.06 bits per heavy atom. The molecule has 0 unspecified atom stereocenters. The summed E-state index contributed by atoms with van der Waals surface area (Å²) in [6.07, 6.45) is 0. The topological polar surface area (TPSA) is 70.1 Å². The van der Waals surface area contributed by atoms with Gasteiger partial charge in [-0.25, -0.2) is 4.79 Å². The molecule has 0 saturated carbocycles. The average Bonchev–Trinajstić information content (AvgIpc) is 2.61. The van der Waals surface area contributed by atoms with Gasteiger partial charge in [-0.1, -0.05) is 18.2 Å². The number of rotatable bonds is 2. The van der Waals surface area contributed by atoms with Gasteiger partial charge in [0.1, 0.15) is 11.6 Å². The normalized spacial score (nSPS) is 10.1. The van der Waals surface area contributed by atoms with Gasteiger partial charge in [0.25, 0.3) is 0 Å². The van der Waals surface area contributed by atoms with Crippen molar-refractivity contribution in [2.75, 3.05) is 5.73 Å². The lowest BCUT2D eigenvalue weighted by Gasteiger charge is -2.00. The maximum atomic E-state index is 11.6. The van der Waals surface area contributed by atoms with Crippen molar-refractivity contribution in [1.29, 1.82) is 0 Å². The van der Waals surface area contributed by atoms with Crippen molar-refractivity contribution in [3.8, 4) is 5.75 Å². The molecule has 1 aromatic heterocycles. The highest BCUT2D eigenvalue weighted by atomic mass is 16.5. The smallest absolute Gasteiger partial charge is 0.364 e. The predicted molar refractivity (Wildman–Crippen MR) is 59.0 cm³/mol. The molecule has 0 aliphatic heterocycles. The van der Waals surface area contributed by atoms with Crippen molar-refractivity contribution >= 4 is 11.8 Å². The molecule has 5 heteroatoms. The van der Waals surface area contributed by atoms with Crippen LogP contribution in [0.2, 0.25) is 0 Å². The number of para-hydroxylation sites is 1. The maximum Gasteiger partial charge on any atom is 0.364 e. The highest BCUT2D eigenvalue weighted by Crippen LogP contribution is 2.12. The fourth-order valence-corrected chi connectivity index (χ4v) is 1.23. The zero-order chi connectivity index (χ0) is 11.5. The summed E-state index contributed by atoms with van der Waals surface area (Å²) >= 11 is 0. The molecule has 2 rings (SSSR count). The number of ether oxygens (including phenoxy) is 1. The van der Waals surface area contributed by atoms with Gasteiger partial charge in [0.05, 0.1) is 0 Å². The van der Waals surface area contributed by atoms with Gasteiger partial charge in [0, 0.05) is 13.1 Å². The number of nitrogen functional groups attached to an aromatic ring is 1. The molecule has 0 atom stereocenters. The molecule has 0 aliphatic carbocycles. The van der Waals surface area contributed by atoms with E-state index in [0.717, 1.165) is 0 Å². The molecule has 0 amide bonds. The maximum absolute atomic E-state index is 11.6. The molecule has 0 bridgehead atoms. The molecule has 16 heavy (non-hydrogen) atoms. The van der Waals surface area contributed by atoms with E-state index < -0.39 is 5.97 Å². The minimum Gasteiger partial charge on any atom is -0.422 e. The Balaban J connectivity index is 2.15. The monoisotopic (exact) mass is 217 g/mol. The first-order valence-electron chi connectivity index (χ1n) is 4.73. The van der Waals surface area contributed by atoms with Crippen molar-refractivity contribution in [2.45, 2.75) is 0 Å². The number of hydrogen-bond donors (Lipinski definition) is 1. The third-order valence-electron chi connectivity index (χ3n) is 2.08. The summed E-state index contributed by atoms with van der Waals surface area (Å²) in [6.45, 7) is 0.